The fourth-order valence-corrected chi connectivity index (χ4v) is 3.03. The maximum atomic E-state index is 9.73. The van der Waals surface area contributed by atoms with Crippen LogP contribution in [0.4, 0.5) is 0 Å². The molecule has 6 nitrogen and oxygen atoms in total. The van der Waals surface area contributed by atoms with Gasteiger partial charge in [0.05, 0.1) is 19.8 Å². The van der Waals surface area contributed by atoms with Crippen molar-refractivity contribution in [2.24, 2.45) is 5.41 Å². The minimum atomic E-state index is 0.00829. The van der Waals surface area contributed by atoms with Gasteiger partial charge in [-0.3, -0.25) is 0 Å². The highest BCUT2D eigenvalue weighted by molar-refractivity contribution is 5.34. The van der Waals surface area contributed by atoms with Crippen LogP contribution in [0.15, 0.2) is 6.33 Å². The molecule has 0 atom stereocenters. The third kappa shape index (κ3) is 3.83. The minimum Gasteiger partial charge on any atom is -0.481 e. The normalized spacial score (nSPS) is 17.5. The van der Waals surface area contributed by atoms with E-state index in [1.54, 1.807) is 14.2 Å². The molecule has 0 amide bonds. The van der Waals surface area contributed by atoms with E-state index >= 15 is 0 Å². The fraction of sp³-hybridized carbons (Fsp3) is 0.733. The van der Waals surface area contributed by atoms with Crippen LogP contribution in [0.5, 0.6) is 11.8 Å². The molecular weight excluding hydrogens is 270 g/mol. The van der Waals surface area contributed by atoms with Crippen molar-refractivity contribution in [3.63, 3.8) is 0 Å². The lowest BCUT2D eigenvalue weighted by molar-refractivity contribution is 0.0809. The summed E-state index contributed by atoms with van der Waals surface area (Å²) < 4.78 is 10.5. The quantitative estimate of drug-likeness (QED) is 0.794. The molecule has 2 rings (SSSR count). The summed E-state index contributed by atoms with van der Waals surface area (Å²) in [5.41, 5.74) is 0.820. The Hall–Kier alpha value is -1.40. The van der Waals surface area contributed by atoms with Gasteiger partial charge in [0.15, 0.2) is 0 Å². The van der Waals surface area contributed by atoms with Crippen LogP contribution in [0.25, 0.3) is 0 Å². The van der Waals surface area contributed by atoms with Crippen LogP contribution in [0, 0.1) is 5.41 Å². The highest BCUT2D eigenvalue weighted by Crippen LogP contribution is 2.35. The van der Waals surface area contributed by atoms with Crippen molar-refractivity contribution in [3.05, 3.63) is 11.9 Å². The van der Waals surface area contributed by atoms with Crippen LogP contribution in [0.3, 0.4) is 0 Å². The van der Waals surface area contributed by atoms with E-state index in [0.29, 0.717) is 18.3 Å². The Morgan fingerprint density at radius 2 is 1.76 bits per heavy atom. The summed E-state index contributed by atoms with van der Waals surface area (Å²) in [6, 6.07) is 0. The van der Waals surface area contributed by atoms with Gasteiger partial charge in [-0.1, -0.05) is 19.3 Å². The van der Waals surface area contributed by atoms with Crippen LogP contribution in [-0.4, -0.2) is 42.4 Å². The van der Waals surface area contributed by atoms with Crippen molar-refractivity contribution in [1.29, 1.82) is 0 Å². The van der Waals surface area contributed by atoms with E-state index in [0.717, 1.165) is 24.9 Å². The number of nitrogens with zero attached hydrogens (tertiary/aromatic N) is 2. The second-order valence-corrected chi connectivity index (χ2v) is 5.69. The zero-order valence-corrected chi connectivity index (χ0v) is 12.9. The first-order chi connectivity index (χ1) is 10.2. The first-order valence-electron chi connectivity index (χ1n) is 7.48. The van der Waals surface area contributed by atoms with Crippen molar-refractivity contribution in [2.75, 3.05) is 27.4 Å². The molecular formula is C15H25N3O3. The maximum absolute atomic E-state index is 9.73. The number of aromatic nitrogens is 2. The molecule has 0 aliphatic heterocycles. The van der Waals surface area contributed by atoms with Gasteiger partial charge < -0.3 is 19.9 Å². The molecule has 0 unspecified atom stereocenters. The predicted molar refractivity (Wildman–Crippen MR) is 79.4 cm³/mol. The number of ether oxygens (including phenoxy) is 2. The van der Waals surface area contributed by atoms with Gasteiger partial charge in [0.25, 0.3) is 0 Å². The van der Waals surface area contributed by atoms with E-state index in [2.05, 4.69) is 15.3 Å². The van der Waals surface area contributed by atoms with Crippen LogP contribution >= 0.6 is 0 Å². The number of hydrogen-bond donors (Lipinski definition) is 2. The van der Waals surface area contributed by atoms with Gasteiger partial charge in [0, 0.05) is 25.1 Å². The predicted octanol–water partition coefficient (Wildman–Crippen LogP) is 1.53. The number of methoxy groups -OCH3 is 2. The summed E-state index contributed by atoms with van der Waals surface area (Å²) in [6.45, 7) is 1.58. The lowest BCUT2D eigenvalue weighted by Crippen LogP contribution is -2.39. The number of aliphatic hydroxyl groups excluding tert-OH is 1. The highest BCUT2D eigenvalue weighted by Gasteiger charge is 2.31. The van der Waals surface area contributed by atoms with E-state index in [4.69, 9.17) is 9.47 Å². The summed E-state index contributed by atoms with van der Waals surface area (Å²) in [6.07, 6.45) is 7.26. The Morgan fingerprint density at radius 1 is 1.14 bits per heavy atom. The average molecular weight is 295 g/mol. The summed E-state index contributed by atoms with van der Waals surface area (Å²) in [5.74, 6) is 1.05. The summed E-state index contributed by atoms with van der Waals surface area (Å²) in [7, 11) is 3.17. The van der Waals surface area contributed by atoms with Gasteiger partial charge in [-0.2, -0.15) is 0 Å². The topological polar surface area (TPSA) is 76.5 Å². The van der Waals surface area contributed by atoms with Crippen LogP contribution < -0.4 is 14.8 Å². The molecule has 1 aromatic rings. The molecule has 0 radical (unpaired) electrons. The number of aliphatic hydroxyl groups is 1. The highest BCUT2D eigenvalue weighted by atomic mass is 16.5. The standard InChI is InChI=1S/C15H25N3O3/c1-20-13-12(14(21-2)18-11-17-13)8-16-9-15(10-19)6-4-3-5-7-15/h11,16,19H,3-10H2,1-2H3. The molecule has 1 fully saturated rings. The van der Waals surface area contributed by atoms with Crippen molar-refractivity contribution in [3.8, 4) is 11.8 Å². The second-order valence-electron chi connectivity index (χ2n) is 5.69. The Labute approximate surface area is 125 Å². The van der Waals surface area contributed by atoms with Crippen LogP contribution in [0.2, 0.25) is 0 Å². The van der Waals surface area contributed by atoms with E-state index in [1.165, 1.54) is 25.6 Å². The second kappa shape index (κ2) is 7.56. The number of hydrogen-bond acceptors (Lipinski definition) is 6. The molecule has 21 heavy (non-hydrogen) atoms. The third-order valence-electron chi connectivity index (χ3n) is 4.30. The smallest absolute Gasteiger partial charge is 0.224 e. The number of nitrogens with one attached hydrogen (secondary N) is 1. The third-order valence-corrected chi connectivity index (χ3v) is 4.30. The number of rotatable bonds is 7. The molecule has 1 aliphatic rings. The van der Waals surface area contributed by atoms with Gasteiger partial charge in [0.2, 0.25) is 11.8 Å². The molecule has 1 aromatic heterocycles. The van der Waals surface area contributed by atoms with Gasteiger partial charge >= 0.3 is 0 Å². The molecule has 118 valence electrons. The molecule has 1 aliphatic carbocycles. The lowest BCUT2D eigenvalue weighted by Gasteiger charge is -2.35. The van der Waals surface area contributed by atoms with Crippen molar-refractivity contribution in [2.45, 2.75) is 38.6 Å². The lowest BCUT2D eigenvalue weighted by atomic mass is 9.74. The summed E-state index contributed by atoms with van der Waals surface area (Å²) >= 11 is 0. The monoisotopic (exact) mass is 295 g/mol. The van der Waals surface area contributed by atoms with Crippen molar-refractivity contribution >= 4 is 0 Å². The molecule has 0 saturated heterocycles. The van der Waals surface area contributed by atoms with Gasteiger partial charge in [-0.05, 0) is 12.8 Å². The summed E-state index contributed by atoms with van der Waals surface area (Å²) in [4.78, 5) is 8.21. The minimum absolute atomic E-state index is 0.00829. The van der Waals surface area contributed by atoms with E-state index < -0.39 is 0 Å². The molecule has 1 heterocycles. The van der Waals surface area contributed by atoms with Crippen LogP contribution in [0.1, 0.15) is 37.7 Å². The molecule has 0 spiro atoms. The Morgan fingerprint density at radius 3 is 2.29 bits per heavy atom. The van der Waals surface area contributed by atoms with E-state index in [-0.39, 0.29) is 12.0 Å². The average Bonchev–Trinajstić information content (AvgIpc) is 2.55. The molecule has 6 heteroatoms. The molecule has 2 N–H and O–H groups in total. The first-order valence-corrected chi connectivity index (χ1v) is 7.48. The fourth-order valence-electron chi connectivity index (χ4n) is 3.03. The maximum Gasteiger partial charge on any atom is 0.224 e. The zero-order chi connectivity index (χ0) is 15.1. The van der Waals surface area contributed by atoms with Crippen LogP contribution in [-0.2, 0) is 6.54 Å². The van der Waals surface area contributed by atoms with Crippen molar-refractivity contribution in [1.82, 2.24) is 15.3 Å². The first kappa shape index (κ1) is 16.0. The summed E-state index contributed by atoms with van der Waals surface area (Å²) in [5, 5.41) is 13.1. The van der Waals surface area contributed by atoms with E-state index in [9.17, 15) is 5.11 Å². The Balaban J connectivity index is 1.99. The van der Waals surface area contributed by atoms with Gasteiger partial charge in [-0.25, -0.2) is 9.97 Å². The largest absolute Gasteiger partial charge is 0.481 e. The molecule has 1 saturated carbocycles. The van der Waals surface area contributed by atoms with Crippen molar-refractivity contribution < 1.29 is 14.6 Å². The van der Waals surface area contributed by atoms with Gasteiger partial charge in [0.1, 0.15) is 6.33 Å². The SMILES string of the molecule is COc1ncnc(OC)c1CNCC1(CO)CCCCC1. The molecule has 0 aromatic carbocycles. The zero-order valence-electron chi connectivity index (χ0n) is 12.9. The Bertz CT molecular complexity index is 426. The Kier molecular flexibility index (Phi) is 5.76. The van der Waals surface area contributed by atoms with E-state index in [1.807, 2.05) is 0 Å². The van der Waals surface area contributed by atoms with Gasteiger partial charge in [-0.15, -0.1) is 0 Å². The molecule has 0 bridgehead atoms.